The smallest absolute Gasteiger partial charge is 0.227 e. The van der Waals surface area contributed by atoms with E-state index >= 15 is 0 Å². The van der Waals surface area contributed by atoms with Crippen molar-refractivity contribution < 1.29 is 13.6 Å². The van der Waals surface area contributed by atoms with E-state index in [0.717, 1.165) is 6.07 Å². The van der Waals surface area contributed by atoms with Gasteiger partial charge in [-0.05, 0) is 24.0 Å². The summed E-state index contributed by atoms with van der Waals surface area (Å²) in [6, 6.07) is 3.29. The molecule has 18 heavy (non-hydrogen) atoms. The molecule has 98 valence electrons. The molecular weight excluding hydrogens is 236 g/mol. The quantitative estimate of drug-likeness (QED) is 0.750. The minimum absolute atomic E-state index is 0.0510. The van der Waals surface area contributed by atoms with Gasteiger partial charge in [-0.2, -0.15) is 0 Å². The first-order chi connectivity index (χ1) is 8.30. The standard InChI is InChI=1S/C14H17F2NO/c1-14(2,3)12-6-7-13(18)17(12)11-5-4-9(15)8-10(11)16/h4-5,8,12H,6-7H2,1-3H3. The number of anilines is 1. The van der Waals surface area contributed by atoms with Crippen molar-refractivity contribution >= 4 is 11.6 Å². The van der Waals surface area contributed by atoms with Gasteiger partial charge in [0.15, 0.2) is 0 Å². The van der Waals surface area contributed by atoms with E-state index in [9.17, 15) is 13.6 Å². The highest BCUT2D eigenvalue weighted by atomic mass is 19.1. The molecule has 1 atom stereocenters. The minimum atomic E-state index is -0.681. The molecule has 1 saturated heterocycles. The van der Waals surface area contributed by atoms with Gasteiger partial charge in [0, 0.05) is 18.5 Å². The van der Waals surface area contributed by atoms with Crippen molar-refractivity contribution in [3.05, 3.63) is 29.8 Å². The number of rotatable bonds is 1. The summed E-state index contributed by atoms with van der Waals surface area (Å²) < 4.78 is 26.7. The molecule has 1 heterocycles. The summed E-state index contributed by atoms with van der Waals surface area (Å²) in [6.07, 6.45) is 1.12. The fourth-order valence-corrected chi connectivity index (χ4v) is 2.48. The van der Waals surface area contributed by atoms with Crippen LogP contribution in [-0.2, 0) is 4.79 Å². The molecule has 0 radical (unpaired) electrons. The Kier molecular flexibility index (Phi) is 3.13. The molecule has 0 N–H and O–H groups in total. The van der Waals surface area contributed by atoms with Gasteiger partial charge in [-0.1, -0.05) is 20.8 Å². The van der Waals surface area contributed by atoms with Crippen LogP contribution in [0.2, 0.25) is 0 Å². The molecule has 1 unspecified atom stereocenters. The predicted octanol–water partition coefficient (Wildman–Crippen LogP) is 3.51. The second kappa shape index (κ2) is 4.34. The molecule has 0 bridgehead atoms. The SMILES string of the molecule is CC(C)(C)C1CCC(=O)N1c1ccc(F)cc1F. The van der Waals surface area contributed by atoms with E-state index in [1.807, 2.05) is 20.8 Å². The van der Waals surface area contributed by atoms with Gasteiger partial charge in [0.1, 0.15) is 11.6 Å². The number of hydrogen-bond donors (Lipinski definition) is 0. The van der Waals surface area contributed by atoms with E-state index in [1.54, 1.807) is 0 Å². The molecule has 1 aromatic carbocycles. The fraction of sp³-hybridized carbons (Fsp3) is 0.500. The Morgan fingerprint density at radius 3 is 2.50 bits per heavy atom. The number of nitrogens with zero attached hydrogens (tertiary/aromatic N) is 1. The van der Waals surface area contributed by atoms with Crippen LogP contribution in [0, 0.1) is 17.0 Å². The second-order valence-electron chi connectivity index (χ2n) is 5.78. The van der Waals surface area contributed by atoms with Crippen LogP contribution in [0.3, 0.4) is 0 Å². The Morgan fingerprint density at radius 1 is 1.28 bits per heavy atom. The van der Waals surface area contributed by atoms with E-state index in [4.69, 9.17) is 0 Å². The third-order valence-corrected chi connectivity index (χ3v) is 3.38. The number of hydrogen-bond acceptors (Lipinski definition) is 1. The number of amides is 1. The van der Waals surface area contributed by atoms with Gasteiger partial charge in [-0.25, -0.2) is 8.78 Å². The van der Waals surface area contributed by atoms with Crippen molar-refractivity contribution in [3.63, 3.8) is 0 Å². The van der Waals surface area contributed by atoms with Crippen molar-refractivity contribution in [3.8, 4) is 0 Å². The Balaban J connectivity index is 2.43. The molecule has 1 aliphatic rings. The molecule has 2 rings (SSSR count). The van der Waals surface area contributed by atoms with Crippen LogP contribution in [0.4, 0.5) is 14.5 Å². The third kappa shape index (κ3) is 2.24. The second-order valence-corrected chi connectivity index (χ2v) is 5.78. The first kappa shape index (κ1) is 13.0. The number of carbonyl (C=O) groups excluding carboxylic acids is 1. The molecule has 1 fully saturated rings. The summed E-state index contributed by atoms with van der Waals surface area (Å²) in [5.74, 6) is -1.41. The molecule has 0 saturated carbocycles. The summed E-state index contributed by atoms with van der Waals surface area (Å²) in [7, 11) is 0. The number of carbonyl (C=O) groups is 1. The molecule has 2 nitrogen and oxygen atoms in total. The summed E-state index contributed by atoms with van der Waals surface area (Å²) in [6.45, 7) is 6.06. The van der Waals surface area contributed by atoms with Crippen LogP contribution in [0.25, 0.3) is 0 Å². The van der Waals surface area contributed by atoms with Gasteiger partial charge < -0.3 is 4.90 Å². The summed E-state index contributed by atoms with van der Waals surface area (Å²) in [5, 5.41) is 0. The molecular formula is C14H17F2NO. The highest BCUT2D eigenvalue weighted by Gasteiger charge is 2.40. The molecule has 0 aliphatic carbocycles. The summed E-state index contributed by atoms with van der Waals surface area (Å²) >= 11 is 0. The van der Waals surface area contributed by atoms with Crippen LogP contribution in [0.1, 0.15) is 33.6 Å². The number of halogens is 2. The van der Waals surface area contributed by atoms with Crippen LogP contribution in [0.15, 0.2) is 18.2 Å². The molecule has 1 amide bonds. The maximum Gasteiger partial charge on any atom is 0.227 e. The Labute approximate surface area is 106 Å². The first-order valence-electron chi connectivity index (χ1n) is 6.08. The van der Waals surface area contributed by atoms with Gasteiger partial charge in [0.2, 0.25) is 5.91 Å². The average molecular weight is 253 g/mol. The molecule has 1 aliphatic heterocycles. The predicted molar refractivity (Wildman–Crippen MR) is 66.3 cm³/mol. The Hall–Kier alpha value is -1.45. The van der Waals surface area contributed by atoms with Crippen molar-refractivity contribution in [2.45, 2.75) is 39.7 Å². The highest BCUT2D eigenvalue weighted by Crippen LogP contribution is 2.37. The Morgan fingerprint density at radius 2 is 1.94 bits per heavy atom. The lowest BCUT2D eigenvalue weighted by atomic mass is 9.85. The van der Waals surface area contributed by atoms with E-state index < -0.39 is 11.6 Å². The van der Waals surface area contributed by atoms with Gasteiger partial charge in [0.05, 0.1) is 5.69 Å². The topological polar surface area (TPSA) is 20.3 Å². The van der Waals surface area contributed by atoms with E-state index in [-0.39, 0.29) is 23.1 Å². The lowest BCUT2D eigenvalue weighted by Gasteiger charge is -2.35. The minimum Gasteiger partial charge on any atom is -0.306 e. The maximum atomic E-state index is 13.8. The van der Waals surface area contributed by atoms with Crippen molar-refractivity contribution in [1.82, 2.24) is 0 Å². The lowest BCUT2D eigenvalue weighted by molar-refractivity contribution is -0.117. The highest BCUT2D eigenvalue weighted by molar-refractivity contribution is 5.96. The normalized spacial score (nSPS) is 20.6. The van der Waals surface area contributed by atoms with Crippen molar-refractivity contribution in [2.75, 3.05) is 4.90 Å². The Bertz CT molecular complexity index is 479. The zero-order valence-electron chi connectivity index (χ0n) is 10.8. The van der Waals surface area contributed by atoms with Crippen LogP contribution in [0.5, 0.6) is 0 Å². The average Bonchev–Trinajstić information content (AvgIpc) is 2.60. The molecule has 0 aromatic heterocycles. The van der Waals surface area contributed by atoms with E-state index in [0.29, 0.717) is 12.8 Å². The maximum absolute atomic E-state index is 13.8. The first-order valence-corrected chi connectivity index (χ1v) is 6.08. The van der Waals surface area contributed by atoms with Gasteiger partial charge in [-0.3, -0.25) is 4.79 Å². The van der Waals surface area contributed by atoms with Crippen LogP contribution in [-0.4, -0.2) is 11.9 Å². The fourth-order valence-electron chi connectivity index (χ4n) is 2.48. The van der Waals surface area contributed by atoms with Gasteiger partial charge >= 0.3 is 0 Å². The van der Waals surface area contributed by atoms with Crippen molar-refractivity contribution in [2.24, 2.45) is 5.41 Å². The van der Waals surface area contributed by atoms with Gasteiger partial charge in [0.25, 0.3) is 0 Å². The zero-order chi connectivity index (χ0) is 13.5. The lowest BCUT2D eigenvalue weighted by Crippen LogP contribution is -2.42. The molecule has 1 aromatic rings. The largest absolute Gasteiger partial charge is 0.306 e. The molecule has 4 heteroatoms. The summed E-state index contributed by atoms with van der Waals surface area (Å²) in [5.41, 5.74) is 0.0475. The van der Waals surface area contributed by atoms with Crippen LogP contribution < -0.4 is 4.90 Å². The van der Waals surface area contributed by atoms with E-state index in [1.165, 1.54) is 17.0 Å². The number of benzene rings is 1. The van der Waals surface area contributed by atoms with E-state index in [2.05, 4.69) is 0 Å². The zero-order valence-corrected chi connectivity index (χ0v) is 10.8. The van der Waals surface area contributed by atoms with Crippen molar-refractivity contribution in [1.29, 1.82) is 0 Å². The van der Waals surface area contributed by atoms with Crippen LogP contribution >= 0.6 is 0 Å². The monoisotopic (exact) mass is 253 g/mol. The third-order valence-electron chi connectivity index (χ3n) is 3.38. The van der Waals surface area contributed by atoms with Gasteiger partial charge in [-0.15, -0.1) is 0 Å². The molecule has 0 spiro atoms. The summed E-state index contributed by atoms with van der Waals surface area (Å²) in [4.78, 5) is 13.4.